The van der Waals surface area contributed by atoms with Gasteiger partial charge in [0.05, 0.1) is 0 Å². The molecule has 2 atom stereocenters. The predicted molar refractivity (Wildman–Crippen MR) is 125 cm³/mol. The van der Waals surface area contributed by atoms with Crippen LogP contribution in [0.15, 0.2) is 0 Å². The molecule has 0 saturated carbocycles. The van der Waals surface area contributed by atoms with Gasteiger partial charge in [-0.25, -0.2) is 0 Å². The molecule has 0 radical (unpaired) electrons. The Morgan fingerprint density at radius 3 is 1.26 bits per heavy atom. The summed E-state index contributed by atoms with van der Waals surface area (Å²) in [5.41, 5.74) is 6.33. The van der Waals surface area contributed by atoms with Crippen molar-refractivity contribution in [3.05, 3.63) is 0 Å². The Labute approximate surface area is 173 Å². The van der Waals surface area contributed by atoms with Crippen molar-refractivity contribution in [3.8, 4) is 0 Å². The van der Waals surface area contributed by atoms with Crippen molar-refractivity contribution in [2.24, 2.45) is 11.7 Å². The largest absolute Gasteiger partial charge is 0.328 e. The molecule has 0 saturated heterocycles. The maximum Gasteiger partial charge on any atom is 0.00388 e. The summed E-state index contributed by atoms with van der Waals surface area (Å²) in [5.74, 6) is 0.903. The number of hydrogen-bond acceptors (Lipinski definition) is 1. The first-order valence-electron chi connectivity index (χ1n) is 13.0. The van der Waals surface area contributed by atoms with Gasteiger partial charge in [-0.1, -0.05) is 143 Å². The van der Waals surface area contributed by atoms with Crippen LogP contribution in [-0.2, 0) is 0 Å². The van der Waals surface area contributed by atoms with Crippen LogP contribution in [0, 0.1) is 5.92 Å². The lowest BCUT2D eigenvalue weighted by Crippen LogP contribution is -2.19. The van der Waals surface area contributed by atoms with E-state index in [1.807, 2.05) is 0 Å². The van der Waals surface area contributed by atoms with Gasteiger partial charge in [0.25, 0.3) is 0 Å². The topological polar surface area (TPSA) is 26.0 Å². The number of hydrogen-bond donors (Lipinski definition) is 1. The third-order valence-corrected chi connectivity index (χ3v) is 6.25. The molecule has 164 valence electrons. The predicted octanol–water partition coefficient (Wildman–Crippen LogP) is 9.18. The van der Waals surface area contributed by atoms with Crippen molar-refractivity contribution < 1.29 is 0 Å². The fourth-order valence-corrected chi connectivity index (χ4v) is 4.18. The van der Waals surface area contributed by atoms with E-state index in [4.69, 9.17) is 5.73 Å². The maximum atomic E-state index is 6.33. The molecule has 1 heteroatoms. The summed E-state index contributed by atoms with van der Waals surface area (Å²) in [5, 5.41) is 0. The molecule has 0 bridgehead atoms. The van der Waals surface area contributed by atoms with E-state index >= 15 is 0 Å². The van der Waals surface area contributed by atoms with E-state index in [-0.39, 0.29) is 0 Å². The van der Waals surface area contributed by atoms with Crippen LogP contribution in [-0.4, -0.2) is 6.04 Å². The van der Waals surface area contributed by atoms with E-state index in [9.17, 15) is 0 Å². The van der Waals surface area contributed by atoms with E-state index in [2.05, 4.69) is 20.8 Å². The van der Waals surface area contributed by atoms with Crippen LogP contribution in [0.5, 0.6) is 0 Å². The van der Waals surface area contributed by atoms with Gasteiger partial charge in [-0.15, -0.1) is 0 Å². The molecule has 2 unspecified atom stereocenters. The highest BCUT2D eigenvalue weighted by molar-refractivity contribution is 4.64. The second-order valence-corrected chi connectivity index (χ2v) is 9.32. The van der Waals surface area contributed by atoms with Crippen LogP contribution >= 0.6 is 0 Å². The Hall–Kier alpha value is -0.0400. The molecule has 0 aromatic heterocycles. The first-order valence-corrected chi connectivity index (χ1v) is 13.0. The van der Waals surface area contributed by atoms with Crippen molar-refractivity contribution in [2.75, 3.05) is 0 Å². The van der Waals surface area contributed by atoms with Crippen LogP contribution in [0.2, 0.25) is 0 Å². The van der Waals surface area contributed by atoms with Crippen molar-refractivity contribution >= 4 is 0 Å². The fraction of sp³-hybridized carbons (Fsp3) is 1.00. The molecule has 0 fully saturated rings. The van der Waals surface area contributed by atoms with E-state index in [1.165, 1.54) is 135 Å². The summed E-state index contributed by atoms with van der Waals surface area (Å²) in [6.45, 7) is 7.04. The minimum absolute atomic E-state index is 0.459. The minimum atomic E-state index is 0.459. The van der Waals surface area contributed by atoms with Crippen LogP contribution < -0.4 is 5.73 Å². The zero-order valence-corrected chi connectivity index (χ0v) is 19.6. The highest BCUT2D eigenvalue weighted by Crippen LogP contribution is 2.19. The second kappa shape index (κ2) is 22.3. The van der Waals surface area contributed by atoms with Gasteiger partial charge < -0.3 is 5.73 Å². The van der Waals surface area contributed by atoms with Gasteiger partial charge in [-0.2, -0.15) is 0 Å². The number of nitrogens with two attached hydrogens (primary N) is 1. The van der Waals surface area contributed by atoms with E-state index in [0.29, 0.717) is 6.04 Å². The van der Waals surface area contributed by atoms with Gasteiger partial charge in [0.15, 0.2) is 0 Å². The molecule has 0 spiro atoms. The first-order chi connectivity index (χ1) is 13.2. The fourth-order valence-electron chi connectivity index (χ4n) is 4.18. The average Bonchev–Trinajstić information content (AvgIpc) is 2.66. The molecule has 0 aromatic carbocycles. The zero-order chi connectivity index (χ0) is 20.0. The molecule has 0 rings (SSSR count). The minimum Gasteiger partial charge on any atom is -0.328 e. The number of unbranched alkanes of at least 4 members (excludes halogenated alkanes) is 14. The van der Waals surface area contributed by atoms with Crippen molar-refractivity contribution in [1.29, 1.82) is 0 Å². The van der Waals surface area contributed by atoms with Gasteiger partial charge >= 0.3 is 0 Å². The van der Waals surface area contributed by atoms with Crippen LogP contribution in [0.4, 0.5) is 0 Å². The Balaban J connectivity index is 3.29. The smallest absolute Gasteiger partial charge is 0.00388 e. The van der Waals surface area contributed by atoms with E-state index in [0.717, 1.165) is 5.92 Å². The quantitative estimate of drug-likeness (QED) is 0.186. The van der Waals surface area contributed by atoms with E-state index in [1.54, 1.807) is 0 Å². The summed E-state index contributed by atoms with van der Waals surface area (Å²) in [6, 6.07) is 0.459. The summed E-state index contributed by atoms with van der Waals surface area (Å²) in [6.07, 6.45) is 29.4. The van der Waals surface area contributed by atoms with Gasteiger partial charge in [0.1, 0.15) is 0 Å². The monoisotopic (exact) mass is 381 g/mol. The lowest BCUT2D eigenvalue weighted by Gasteiger charge is -2.14. The van der Waals surface area contributed by atoms with Crippen LogP contribution in [0.25, 0.3) is 0 Å². The summed E-state index contributed by atoms with van der Waals surface area (Å²) >= 11 is 0. The molecule has 0 heterocycles. The third kappa shape index (κ3) is 22.1. The highest BCUT2D eigenvalue weighted by atomic mass is 14.6. The Bertz CT molecular complexity index is 237. The lowest BCUT2D eigenvalue weighted by atomic mass is 9.94. The molecule has 0 aliphatic carbocycles. The third-order valence-electron chi connectivity index (χ3n) is 6.25. The Kier molecular flexibility index (Phi) is 22.2. The van der Waals surface area contributed by atoms with Crippen molar-refractivity contribution in [2.45, 2.75) is 162 Å². The summed E-state index contributed by atoms with van der Waals surface area (Å²) in [4.78, 5) is 0. The van der Waals surface area contributed by atoms with Crippen LogP contribution in [0.3, 0.4) is 0 Å². The molecule has 2 N–H and O–H groups in total. The van der Waals surface area contributed by atoms with Crippen molar-refractivity contribution in [1.82, 2.24) is 0 Å². The zero-order valence-electron chi connectivity index (χ0n) is 19.6. The lowest BCUT2D eigenvalue weighted by molar-refractivity contribution is 0.415. The molecule has 1 nitrogen and oxygen atoms in total. The number of rotatable bonds is 22. The summed E-state index contributed by atoms with van der Waals surface area (Å²) < 4.78 is 0. The summed E-state index contributed by atoms with van der Waals surface area (Å²) in [7, 11) is 0. The molecule has 27 heavy (non-hydrogen) atoms. The average molecular weight is 382 g/mol. The molecule has 0 aromatic rings. The Morgan fingerprint density at radius 2 is 0.778 bits per heavy atom. The second-order valence-electron chi connectivity index (χ2n) is 9.32. The molecule has 0 aliphatic heterocycles. The Morgan fingerprint density at radius 1 is 0.444 bits per heavy atom. The highest BCUT2D eigenvalue weighted by Gasteiger charge is 2.06. The van der Waals surface area contributed by atoms with Gasteiger partial charge in [0.2, 0.25) is 0 Å². The van der Waals surface area contributed by atoms with Gasteiger partial charge in [-0.3, -0.25) is 0 Å². The molecular weight excluding hydrogens is 326 g/mol. The molecule has 0 amide bonds. The van der Waals surface area contributed by atoms with Gasteiger partial charge in [-0.05, 0) is 18.8 Å². The first kappa shape index (κ1) is 27.0. The molecule has 0 aliphatic rings. The van der Waals surface area contributed by atoms with Crippen molar-refractivity contribution in [3.63, 3.8) is 0 Å². The molecular formula is C26H55N. The maximum absolute atomic E-state index is 6.33. The van der Waals surface area contributed by atoms with Crippen LogP contribution in [0.1, 0.15) is 156 Å². The van der Waals surface area contributed by atoms with E-state index < -0.39 is 0 Å². The normalized spacial score (nSPS) is 13.8. The standard InChI is InChI=1S/C26H55N/c1-4-6-8-10-12-14-16-18-21-25(3)22-20-24-26(27)23-19-17-15-13-11-9-7-5-2/h25-26H,4-24,27H2,1-3H3. The van der Waals surface area contributed by atoms with Gasteiger partial charge in [0, 0.05) is 6.04 Å². The SMILES string of the molecule is CCCCCCCCCCC(C)CCCC(N)CCCCCCCCCC.